The molecule has 3 heterocycles. The monoisotopic (exact) mass is 229 g/mol. The Bertz CT molecular complexity index is 687. The van der Waals surface area contributed by atoms with Gasteiger partial charge in [0.05, 0.1) is 11.8 Å². The molecule has 0 aliphatic heterocycles. The molecule has 0 atom stereocenters. The smallest absolute Gasteiger partial charge is 0.268 e. The second-order valence-corrected chi connectivity index (χ2v) is 4.34. The van der Waals surface area contributed by atoms with E-state index in [0.717, 1.165) is 16.0 Å². The summed E-state index contributed by atoms with van der Waals surface area (Å²) in [7, 11) is 0. The van der Waals surface area contributed by atoms with Gasteiger partial charge in [-0.05, 0) is 23.8 Å². The number of thiophene rings is 1. The molecule has 0 aromatic carbocycles. The molecule has 0 aliphatic carbocycles. The van der Waals surface area contributed by atoms with Crippen molar-refractivity contribution in [1.82, 2.24) is 15.0 Å². The lowest BCUT2D eigenvalue weighted by Crippen LogP contribution is -2.02. The van der Waals surface area contributed by atoms with Crippen LogP contribution in [0.3, 0.4) is 0 Å². The zero-order valence-electron chi connectivity index (χ0n) is 8.18. The third-order valence-electron chi connectivity index (χ3n) is 2.28. The molecule has 3 aromatic rings. The average molecular weight is 229 g/mol. The van der Waals surface area contributed by atoms with Crippen LogP contribution in [-0.4, -0.2) is 15.0 Å². The molecule has 1 N–H and O–H groups in total. The maximum absolute atomic E-state index is 11.5. The van der Waals surface area contributed by atoms with Crippen molar-refractivity contribution in [2.45, 2.75) is 0 Å². The highest BCUT2D eigenvalue weighted by atomic mass is 32.1. The summed E-state index contributed by atoms with van der Waals surface area (Å²) in [5, 5.41) is 0. The highest BCUT2D eigenvalue weighted by molar-refractivity contribution is 7.22. The number of aromatic nitrogens is 3. The number of nitrogens with zero attached hydrogens (tertiary/aromatic N) is 2. The van der Waals surface area contributed by atoms with Gasteiger partial charge in [0.2, 0.25) is 0 Å². The fourth-order valence-electron chi connectivity index (χ4n) is 1.52. The van der Waals surface area contributed by atoms with Crippen LogP contribution < -0.4 is 5.56 Å². The summed E-state index contributed by atoms with van der Waals surface area (Å²) in [6, 6.07) is 5.75. The molecule has 0 radical (unpaired) electrons. The molecule has 0 bridgehead atoms. The lowest BCUT2D eigenvalue weighted by Gasteiger charge is -1.92. The van der Waals surface area contributed by atoms with Crippen molar-refractivity contribution in [3.63, 3.8) is 0 Å². The van der Waals surface area contributed by atoms with Gasteiger partial charge in [-0.1, -0.05) is 0 Å². The summed E-state index contributed by atoms with van der Waals surface area (Å²) in [5.41, 5.74) is 1.70. The van der Waals surface area contributed by atoms with Crippen LogP contribution in [0.1, 0.15) is 0 Å². The Hall–Kier alpha value is -2.01. The first-order valence-corrected chi connectivity index (χ1v) is 5.54. The molecule has 4 nitrogen and oxygen atoms in total. The first kappa shape index (κ1) is 9.23. The van der Waals surface area contributed by atoms with Crippen molar-refractivity contribution in [1.29, 1.82) is 0 Å². The van der Waals surface area contributed by atoms with Crippen molar-refractivity contribution in [3.05, 3.63) is 47.3 Å². The van der Waals surface area contributed by atoms with Gasteiger partial charge in [-0.15, -0.1) is 11.3 Å². The summed E-state index contributed by atoms with van der Waals surface area (Å²) in [5.74, 6) is 0. The highest BCUT2D eigenvalue weighted by Crippen LogP contribution is 2.29. The lowest BCUT2D eigenvalue weighted by molar-refractivity contribution is 1.18. The highest BCUT2D eigenvalue weighted by Gasteiger charge is 2.07. The molecule has 0 saturated carbocycles. The third kappa shape index (κ3) is 1.42. The molecule has 78 valence electrons. The fraction of sp³-hybridized carbons (Fsp3) is 0. The van der Waals surface area contributed by atoms with Gasteiger partial charge in [0.15, 0.2) is 0 Å². The minimum atomic E-state index is -0.0877. The van der Waals surface area contributed by atoms with E-state index in [1.54, 1.807) is 12.4 Å². The van der Waals surface area contributed by atoms with Gasteiger partial charge >= 0.3 is 0 Å². The summed E-state index contributed by atoms with van der Waals surface area (Å²) in [6.07, 6.45) is 4.89. The molecule has 0 amide bonds. The summed E-state index contributed by atoms with van der Waals surface area (Å²) >= 11 is 1.44. The van der Waals surface area contributed by atoms with E-state index in [2.05, 4.69) is 15.0 Å². The van der Waals surface area contributed by atoms with Crippen LogP contribution >= 0.6 is 11.3 Å². The van der Waals surface area contributed by atoms with Crippen LogP contribution in [0.25, 0.3) is 20.7 Å². The minimum absolute atomic E-state index is 0.0877. The number of hydrogen-bond donors (Lipinski definition) is 1. The Morgan fingerprint density at radius 2 is 2.06 bits per heavy atom. The van der Waals surface area contributed by atoms with E-state index in [1.165, 1.54) is 17.7 Å². The molecule has 16 heavy (non-hydrogen) atoms. The van der Waals surface area contributed by atoms with E-state index in [9.17, 15) is 4.79 Å². The Balaban J connectivity index is 2.28. The number of rotatable bonds is 1. The van der Waals surface area contributed by atoms with E-state index in [1.807, 2.05) is 18.2 Å². The minimum Gasteiger partial charge on any atom is -0.312 e. The van der Waals surface area contributed by atoms with Gasteiger partial charge in [-0.3, -0.25) is 9.78 Å². The second kappa shape index (κ2) is 3.53. The number of pyridine rings is 1. The van der Waals surface area contributed by atoms with Gasteiger partial charge in [-0.25, -0.2) is 4.98 Å². The Kier molecular flexibility index (Phi) is 2.04. The van der Waals surface area contributed by atoms with Crippen LogP contribution in [0, 0.1) is 0 Å². The van der Waals surface area contributed by atoms with Gasteiger partial charge in [0.1, 0.15) is 4.70 Å². The summed E-state index contributed by atoms with van der Waals surface area (Å²) < 4.78 is 0.661. The van der Waals surface area contributed by atoms with Gasteiger partial charge < -0.3 is 4.98 Å². The van der Waals surface area contributed by atoms with Crippen molar-refractivity contribution in [3.8, 4) is 10.4 Å². The van der Waals surface area contributed by atoms with Gasteiger partial charge in [0, 0.05) is 17.3 Å². The molecule has 0 unspecified atom stereocenters. The van der Waals surface area contributed by atoms with Crippen LogP contribution in [0.15, 0.2) is 41.7 Å². The molecule has 3 aromatic heterocycles. The van der Waals surface area contributed by atoms with Crippen molar-refractivity contribution >= 4 is 21.6 Å². The lowest BCUT2D eigenvalue weighted by atomic mass is 10.2. The van der Waals surface area contributed by atoms with Crippen LogP contribution in [0.5, 0.6) is 0 Å². The van der Waals surface area contributed by atoms with Crippen LogP contribution in [-0.2, 0) is 0 Å². The molecule has 5 heteroatoms. The number of H-pyrrole nitrogens is 1. The predicted molar refractivity (Wildman–Crippen MR) is 63.5 cm³/mol. The first-order valence-electron chi connectivity index (χ1n) is 4.72. The van der Waals surface area contributed by atoms with Crippen LogP contribution in [0.4, 0.5) is 0 Å². The number of fused-ring (bicyclic) bond motifs is 1. The van der Waals surface area contributed by atoms with Crippen molar-refractivity contribution < 1.29 is 0 Å². The molecule has 0 aliphatic rings. The standard InChI is InChI=1S/C11H7N3OS/c15-11-10-8(13-6-14-11)5-9(16-10)7-1-3-12-4-2-7/h1-6H,(H,13,14,15). The van der Waals surface area contributed by atoms with E-state index >= 15 is 0 Å². The zero-order chi connectivity index (χ0) is 11.0. The predicted octanol–water partition coefficient (Wildman–Crippen LogP) is 2.05. The molecule has 0 saturated heterocycles. The normalized spacial score (nSPS) is 10.8. The largest absolute Gasteiger partial charge is 0.312 e. The molecule has 3 rings (SSSR count). The first-order chi connectivity index (χ1) is 7.84. The quantitative estimate of drug-likeness (QED) is 0.694. The topological polar surface area (TPSA) is 58.6 Å². The van der Waals surface area contributed by atoms with E-state index < -0.39 is 0 Å². The maximum atomic E-state index is 11.5. The Morgan fingerprint density at radius 1 is 1.25 bits per heavy atom. The summed E-state index contributed by atoms with van der Waals surface area (Å²) in [4.78, 5) is 23.2. The molecule has 0 spiro atoms. The second-order valence-electron chi connectivity index (χ2n) is 3.29. The average Bonchev–Trinajstić information content (AvgIpc) is 2.76. The molecule has 0 fully saturated rings. The van der Waals surface area contributed by atoms with Crippen molar-refractivity contribution in [2.75, 3.05) is 0 Å². The molecular weight excluding hydrogens is 222 g/mol. The SMILES string of the molecule is O=c1[nH]cnc2cc(-c3ccncc3)sc12. The number of hydrogen-bond acceptors (Lipinski definition) is 4. The Morgan fingerprint density at radius 3 is 2.81 bits per heavy atom. The molecular formula is C11H7N3OS. The zero-order valence-corrected chi connectivity index (χ0v) is 8.99. The maximum Gasteiger partial charge on any atom is 0.268 e. The van der Waals surface area contributed by atoms with Crippen molar-refractivity contribution in [2.24, 2.45) is 0 Å². The summed E-state index contributed by atoms with van der Waals surface area (Å²) in [6.45, 7) is 0. The van der Waals surface area contributed by atoms with Crippen LogP contribution in [0.2, 0.25) is 0 Å². The fourth-order valence-corrected chi connectivity index (χ4v) is 2.54. The van der Waals surface area contributed by atoms with E-state index in [-0.39, 0.29) is 5.56 Å². The third-order valence-corrected chi connectivity index (χ3v) is 3.45. The van der Waals surface area contributed by atoms with Gasteiger partial charge in [0.25, 0.3) is 5.56 Å². The van der Waals surface area contributed by atoms with E-state index in [0.29, 0.717) is 4.70 Å². The number of aromatic amines is 1. The van der Waals surface area contributed by atoms with Gasteiger partial charge in [-0.2, -0.15) is 0 Å². The Labute approximate surface area is 94.6 Å². The van der Waals surface area contributed by atoms with E-state index in [4.69, 9.17) is 0 Å². The number of nitrogens with one attached hydrogen (secondary N) is 1.